The Balaban J connectivity index is 1.93. The molecule has 3 aromatic carbocycles. The number of nitriles is 1. The predicted molar refractivity (Wildman–Crippen MR) is 120 cm³/mol. The van der Waals surface area contributed by atoms with Crippen molar-refractivity contribution in [3.05, 3.63) is 96.9 Å². The summed E-state index contributed by atoms with van der Waals surface area (Å²) in [7, 11) is 0. The molecule has 0 aliphatic rings. The summed E-state index contributed by atoms with van der Waals surface area (Å²) >= 11 is 21.7. The average molecular weight is 494 g/mol. The lowest BCUT2D eigenvalue weighted by Gasteiger charge is -2.11. The smallest absolute Gasteiger partial charge is 0.127 e. The second-order valence-corrected chi connectivity index (χ2v) is 8.01. The van der Waals surface area contributed by atoms with E-state index in [1.54, 1.807) is 24.3 Å². The van der Waals surface area contributed by atoms with E-state index in [0.29, 0.717) is 38.6 Å². The first-order valence-corrected chi connectivity index (χ1v) is 10.1. The van der Waals surface area contributed by atoms with Crippen LogP contribution in [-0.4, -0.2) is 0 Å². The van der Waals surface area contributed by atoms with Crippen LogP contribution in [0.1, 0.15) is 16.7 Å². The number of rotatable bonds is 5. The molecule has 3 rings (SSSR count). The maximum atomic E-state index is 9.63. The van der Waals surface area contributed by atoms with Gasteiger partial charge in [0.2, 0.25) is 0 Å². The summed E-state index contributed by atoms with van der Waals surface area (Å²) in [5, 5.41) is 11.1. The van der Waals surface area contributed by atoms with Gasteiger partial charge in [0.15, 0.2) is 0 Å². The van der Waals surface area contributed by atoms with Crippen LogP contribution in [-0.2, 0) is 6.61 Å². The van der Waals surface area contributed by atoms with Crippen LogP contribution in [0.3, 0.4) is 0 Å². The van der Waals surface area contributed by atoms with E-state index in [1.165, 1.54) is 0 Å². The van der Waals surface area contributed by atoms with Gasteiger partial charge in [-0.15, -0.1) is 0 Å². The fraction of sp³-hybridized carbons (Fsp3) is 0.0455. The van der Waals surface area contributed by atoms with E-state index in [0.717, 1.165) is 15.6 Å². The van der Waals surface area contributed by atoms with Crippen molar-refractivity contribution in [2.45, 2.75) is 6.61 Å². The molecule has 0 spiro atoms. The van der Waals surface area contributed by atoms with Gasteiger partial charge in [-0.25, -0.2) is 0 Å². The normalized spacial score (nSPS) is 11.2. The molecule has 0 unspecified atom stereocenters. The molecule has 0 aliphatic carbocycles. The summed E-state index contributed by atoms with van der Waals surface area (Å²) in [6.07, 6.45) is 1.76. The Morgan fingerprint density at radius 1 is 0.964 bits per heavy atom. The fourth-order valence-corrected chi connectivity index (χ4v) is 3.50. The van der Waals surface area contributed by atoms with E-state index in [1.807, 2.05) is 42.5 Å². The van der Waals surface area contributed by atoms with Crippen LogP contribution in [0.5, 0.6) is 5.75 Å². The molecular weight excluding hydrogens is 481 g/mol. The highest BCUT2D eigenvalue weighted by Gasteiger charge is 2.10. The summed E-state index contributed by atoms with van der Waals surface area (Å²) in [6, 6.07) is 20.4. The monoisotopic (exact) mass is 491 g/mol. The molecule has 0 saturated heterocycles. The Morgan fingerprint density at radius 2 is 1.75 bits per heavy atom. The summed E-state index contributed by atoms with van der Waals surface area (Å²) in [5.41, 5.74) is 2.76. The van der Waals surface area contributed by atoms with Gasteiger partial charge in [0.1, 0.15) is 12.4 Å². The van der Waals surface area contributed by atoms with Gasteiger partial charge in [-0.05, 0) is 48.0 Å². The van der Waals surface area contributed by atoms with Crippen LogP contribution in [0.25, 0.3) is 11.6 Å². The number of hydrogen-bond acceptors (Lipinski definition) is 2. The summed E-state index contributed by atoms with van der Waals surface area (Å²) in [6.45, 7) is 0.313. The Morgan fingerprint density at radius 3 is 2.46 bits per heavy atom. The second kappa shape index (κ2) is 9.49. The van der Waals surface area contributed by atoms with Crippen molar-refractivity contribution >= 4 is 62.4 Å². The number of halogens is 4. The van der Waals surface area contributed by atoms with E-state index >= 15 is 0 Å². The third kappa shape index (κ3) is 5.10. The first kappa shape index (κ1) is 20.8. The molecule has 0 fully saturated rings. The highest BCUT2D eigenvalue weighted by Crippen LogP contribution is 2.31. The van der Waals surface area contributed by atoms with E-state index in [2.05, 4.69) is 22.0 Å². The molecule has 0 aliphatic heterocycles. The van der Waals surface area contributed by atoms with Crippen molar-refractivity contribution < 1.29 is 4.74 Å². The van der Waals surface area contributed by atoms with E-state index < -0.39 is 0 Å². The Hall–Kier alpha value is -1.96. The number of hydrogen-bond donors (Lipinski definition) is 0. The van der Waals surface area contributed by atoms with Gasteiger partial charge in [-0.3, -0.25) is 0 Å². The molecule has 0 aromatic heterocycles. The van der Waals surface area contributed by atoms with E-state index in [4.69, 9.17) is 39.5 Å². The van der Waals surface area contributed by atoms with Crippen LogP contribution >= 0.6 is 50.7 Å². The van der Waals surface area contributed by atoms with Crippen molar-refractivity contribution in [3.63, 3.8) is 0 Å². The van der Waals surface area contributed by atoms with Gasteiger partial charge >= 0.3 is 0 Å². The van der Waals surface area contributed by atoms with Gasteiger partial charge in [-0.1, -0.05) is 75.0 Å². The molecule has 0 amide bonds. The van der Waals surface area contributed by atoms with E-state index in [-0.39, 0.29) is 0 Å². The van der Waals surface area contributed by atoms with Crippen molar-refractivity contribution in [1.82, 2.24) is 0 Å². The molecule has 0 heterocycles. The lowest BCUT2D eigenvalue weighted by Crippen LogP contribution is -1.97. The van der Waals surface area contributed by atoms with Gasteiger partial charge in [0.25, 0.3) is 0 Å². The SMILES string of the molecule is N#CC(=Cc1cc(Br)ccc1OCc1ccc(Cl)c(Cl)c1)c1ccccc1Cl. The quantitative estimate of drug-likeness (QED) is 0.266. The zero-order valence-corrected chi connectivity index (χ0v) is 18.3. The molecule has 28 heavy (non-hydrogen) atoms. The van der Waals surface area contributed by atoms with Crippen LogP contribution in [0.4, 0.5) is 0 Å². The zero-order chi connectivity index (χ0) is 20.1. The number of nitrogens with zero attached hydrogens (tertiary/aromatic N) is 1. The Bertz CT molecular complexity index is 1090. The van der Waals surface area contributed by atoms with Crippen molar-refractivity contribution in [2.75, 3.05) is 0 Å². The minimum atomic E-state index is 0.313. The fourth-order valence-electron chi connectivity index (χ4n) is 2.56. The molecular formula is C22H13BrCl3NO. The van der Waals surface area contributed by atoms with Crippen LogP contribution < -0.4 is 4.74 Å². The summed E-state index contributed by atoms with van der Waals surface area (Å²) in [5.74, 6) is 0.633. The molecule has 0 atom stereocenters. The largest absolute Gasteiger partial charge is 0.488 e. The first-order valence-electron chi connectivity index (χ1n) is 8.21. The highest BCUT2D eigenvalue weighted by molar-refractivity contribution is 9.10. The molecule has 140 valence electrons. The van der Waals surface area contributed by atoms with Crippen LogP contribution in [0.15, 0.2) is 65.1 Å². The first-order chi connectivity index (χ1) is 13.5. The van der Waals surface area contributed by atoms with Crippen molar-refractivity contribution in [3.8, 4) is 11.8 Å². The van der Waals surface area contributed by atoms with Crippen molar-refractivity contribution in [1.29, 1.82) is 5.26 Å². The van der Waals surface area contributed by atoms with Gasteiger partial charge in [-0.2, -0.15) is 5.26 Å². The molecule has 2 nitrogen and oxygen atoms in total. The highest BCUT2D eigenvalue weighted by atomic mass is 79.9. The zero-order valence-electron chi connectivity index (χ0n) is 14.4. The molecule has 3 aromatic rings. The maximum Gasteiger partial charge on any atom is 0.127 e. The number of ether oxygens (including phenoxy) is 1. The molecule has 6 heteroatoms. The minimum Gasteiger partial charge on any atom is -0.488 e. The number of benzene rings is 3. The predicted octanol–water partition coefficient (Wildman–Crippen LogP) is 8.05. The molecule has 0 radical (unpaired) electrons. The minimum absolute atomic E-state index is 0.313. The second-order valence-electron chi connectivity index (χ2n) is 5.87. The lowest BCUT2D eigenvalue weighted by molar-refractivity contribution is 0.305. The topological polar surface area (TPSA) is 33.0 Å². The van der Waals surface area contributed by atoms with E-state index in [9.17, 15) is 5.26 Å². The Kier molecular flexibility index (Phi) is 7.04. The van der Waals surface area contributed by atoms with Gasteiger partial charge < -0.3 is 4.74 Å². The maximum absolute atomic E-state index is 9.63. The average Bonchev–Trinajstić information content (AvgIpc) is 2.68. The standard InChI is InChI=1S/C22H13BrCl3NO/c23-17-6-8-22(28-13-14-5-7-20(25)21(26)9-14)15(11-17)10-16(12-27)18-3-1-2-4-19(18)24/h1-11H,13H2. The Labute approximate surface area is 187 Å². The summed E-state index contributed by atoms with van der Waals surface area (Å²) in [4.78, 5) is 0. The molecule has 0 N–H and O–H groups in total. The number of allylic oxidation sites excluding steroid dienone is 1. The van der Waals surface area contributed by atoms with Crippen LogP contribution in [0.2, 0.25) is 15.1 Å². The molecule has 0 saturated carbocycles. The summed E-state index contributed by atoms with van der Waals surface area (Å²) < 4.78 is 6.85. The van der Waals surface area contributed by atoms with Gasteiger partial charge in [0, 0.05) is 20.6 Å². The molecule has 0 bridgehead atoms. The van der Waals surface area contributed by atoms with Crippen molar-refractivity contribution in [2.24, 2.45) is 0 Å². The third-order valence-electron chi connectivity index (χ3n) is 3.93. The lowest BCUT2D eigenvalue weighted by atomic mass is 10.0. The third-order valence-corrected chi connectivity index (χ3v) is 5.50. The van der Waals surface area contributed by atoms with Crippen LogP contribution in [0, 0.1) is 11.3 Å². The van der Waals surface area contributed by atoms with Gasteiger partial charge in [0.05, 0.1) is 21.7 Å².